The minimum absolute atomic E-state index is 0.0498. The lowest BCUT2D eigenvalue weighted by Gasteiger charge is -2.18. The van der Waals surface area contributed by atoms with E-state index >= 15 is 0 Å². The molecule has 4 heteroatoms. The minimum Gasteiger partial charge on any atom is -0.481 e. The number of ether oxygens (including phenoxy) is 1. The van der Waals surface area contributed by atoms with Gasteiger partial charge in [0.25, 0.3) is 5.91 Å². The number of amides is 1. The van der Waals surface area contributed by atoms with Crippen LogP contribution in [0.3, 0.4) is 0 Å². The monoisotopic (exact) mass is 357 g/mol. The van der Waals surface area contributed by atoms with Crippen molar-refractivity contribution < 1.29 is 9.53 Å². The Morgan fingerprint density at radius 1 is 1.04 bits per heavy atom. The molecular formula is C21H27NO2S. The Morgan fingerprint density at radius 2 is 1.68 bits per heavy atom. The van der Waals surface area contributed by atoms with Gasteiger partial charge in [-0.05, 0) is 62.6 Å². The average Bonchev–Trinajstić information content (AvgIpc) is 2.57. The topological polar surface area (TPSA) is 38.3 Å². The van der Waals surface area contributed by atoms with Crippen LogP contribution in [0.1, 0.15) is 30.0 Å². The van der Waals surface area contributed by atoms with Crippen LogP contribution in [0.4, 0.5) is 0 Å². The zero-order chi connectivity index (χ0) is 18.2. The van der Waals surface area contributed by atoms with Gasteiger partial charge in [0.1, 0.15) is 5.75 Å². The average molecular weight is 358 g/mol. The molecule has 0 saturated carbocycles. The first kappa shape index (κ1) is 19.4. The van der Waals surface area contributed by atoms with Crippen molar-refractivity contribution in [2.45, 2.75) is 45.1 Å². The van der Waals surface area contributed by atoms with Gasteiger partial charge in [0.2, 0.25) is 0 Å². The summed E-state index contributed by atoms with van der Waals surface area (Å²) in [5, 5.41) is 2.98. The SMILES string of the molecule is CC[C@H](Oc1cc(C)cc(C)c1)C(=O)NCCSc1ccc(C)cc1. The Labute approximate surface area is 155 Å². The standard InChI is InChI=1S/C21H27NO2S/c1-5-20(24-18-13-16(3)12-17(4)14-18)21(23)22-10-11-25-19-8-6-15(2)7-9-19/h6-9,12-14,20H,5,10-11H2,1-4H3,(H,22,23)/t20-/m0/s1. The second kappa shape index (κ2) is 9.52. The van der Waals surface area contributed by atoms with Crippen LogP contribution < -0.4 is 10.1 Å². The molecule has 0 saturated heterocycles. The number of nitrogens with one attached hydrogen (secondary N) is 1. The number of carbonyl (C=O) groups excluding carboxylic acids is 1. The normalized spacial score (nSPS) is 11.8. The van der Waals surface area contributed by atoms with Crippen molar-refractivity contribution in [3.8, 4) is 5.75 Å². The maximum atomic E-state index is 12.4. The van der Waals surface area contributed by atoms with Crippen molar-refractivity contribution in [1.82, 2.24) is 5.32 Å². The van der Waals surface area contributed by atoms with Gasteiger partial charge in [-0.2, -0.15) is 0 Å². The molecule has 0 bridgehead atoms. The zero-order valence-electron chi connectivity index (χ0n) is 15.5. The molecule has 0 radical (unpaired) electrons. The second-order valence-electron chi connectivity index (χ2n) is 6.29. The van der Waals surface area contributed by atoms with Gasteiger partial charge in [0.15, 0.2) is 6.10 Å². The lowest BCUT2D eigenvalue weighted by atomic mass is 10.1. The van der Waals surface area contributed by atoms with E-state index in [4.69, 9.17) is 4.74 Å². The van der Waals surface area contributed by atoms with Gasteiger partial charge in [0.05, 0.1) is 0 Å². The van der Waals surface area contributed by atoms with Gasteiger partial charge in [-0.3, -0.25) is 4.79 Å². The fourth-order valence-corrected chi connectivity index (χ4v) is 3.35. The molecule has 0 aliphatic rings. The third-order valence-corrected chi connectivity index (χ3v) is 4.84. The van der Waals surface area contributed by atoms with Crippen molar-refractivity contribution in [2.75, 3.05) is 12.3 Å². The fraction of sp³-hybridized carbons (Fsp3) is 0.381. The van der Waals surface area contributed by atoms with Crippen molar-refractivity contribution in [3.63, 3.8) is 0 Å². The highest BCUT2D eigenvalue weighted by Gasteiger charge is 2.18. The Morgan fingerprint density at radius 3 is 2.28 bits per heavy atom. The molecule has 0 aromatic heterocycles. The van der Waals surface area contributed by atoms with Gasteiger partial charge in [-0.1, -0.05) is 30.7 Å². The number of carbonyl (C=O) groups is 1. The van der Waals surface area contributed by atoms with E-state index in [2.05, 4.69) is 42.6 Å². The van der Waals surface area contributed by atoms with Crippen molar-refractivity contribution >= 4 is 17.7 Å². The van der Waals surface area contributed by atoms with E-state index < -0.39 is 6.10 Å². The number of hydrogen-bond acceptors (Lipinski definition) is 3. The van der Waals surface area contributed by atoms with Crippen LogP contribution in [-0.4, -0.2) is 24.3 Å². The first-order chi connectivity index (χ1) is 12.0. The number of rotatable bonds is 8. The van der Waals surface area contributed by atoms with Crippen LogP contribution in [-0.2, 0) is 4.79 Å². The van der Waals surface area contributed by atoms with Crippen molar-refractivity contribution in [2.24, 2.45) is 0 Å². The van der Waals surface area contributed by atoms with E-state index in [0.717, 1.165) is 22.6 Å². The molecule has 0 unspecified atom stereocenters. The van der Waals surface area contributed by atoms with Gasteiger partial charge in [0, 0.05) is 17.2 Å². The van der Waals surface area contributed by atoms with E-state index in [-0.39, 0.29) is 5.91 Å². The summed E-state index contributed by atoms with van der Waals surface area (Å²) in [7, 11) is 0. The number of benzene rings is 2. The molecule has 134 valence electrons. The van der Waals surface area contributed by atoms with Gasteiger partial charge in [-0.15, -0.1) is 11.8 Å². The second-order valence-corrected chi connectivity index (χ2v) is 7.46. The largest absolute Gasteiger partial charge is 0.481 e. The van der Waals surface area contributed by atoms with Crippen LogP contribution in [0.5, 0.6) is 5.75 Å². The third kappa shape index (κ3) is 6.46. The Hall–Kier alpha value is -1.94. The summed E-state index contributed by atoms with van der Waals surface area (Å²) in [5.41, 5.74) is 3.53. The maximum Gasteiger partial charge on any atom is 0.261 e. The summed E-state index contributed by atoms with van der Waals surface area (Å²) < 4.78 is 5.90. The summed E-state index contributed by atoms with van der Waals surface area (Å²) in [4.78, 5) is 13.6. The lowest BCUT2D eigenvalue weighted by molar-refractivity contribution is -0.127. The molecule has 2 aromatic carbocycles. The molecule has 0 heterocycles. The molecule has 0 aliphatic heterocycles. The molecular weight excluding hydrogens is 330 g/mol. The first-order valence-corrected chi connectivity index (χ1v) is 9.68. The molecule has 1 N–H and O–H groups in total. The minimum atomic E-state index is -0.453. The van der Waals surface area contributed by atoms with E-state index in [1.807, 2.05) is 32.9 Å². The molecule has 3 nitrogen and oxygen atoms in total. The smallest absolute Gasteiger partial charge is 0.261 e. The molecule has 2 aromatic rings. The summed E-state index contributed by atoms with van der Waals surface area (Å²) >= 11 is 1.74. The summed E-state index contributed by atoms with van der Waals surface area (Å²) in [6.07, 6.45) is 0.190. The third-order valence-electron chi connectivity index (χ3n) is 3.83. The molecule has 2 rings (SSSR count). The Kier molecular flexibility index (Phi) is 7.38. The molecule has 0 spiro atoms. The van der Waals surface area contributed by atoms with Gasteiger partial charge >= 0.3 is 0 Å². The first-order valence-electron chi connectivity index (χ1n) is 8.70. The Bertz CT molecular complexity index is 677. The van der Waals surface area contributed by atoms with E-state index in [9.17, 15) is 4.79 Å². The molecule has 0 aliphatic carbocycles. The van der Waals surface area contributed by atoms with Crippen molar-refractivity contribution in [3.05, 3.63) is 59.2 Å². The molecule has 1 atom stereocenters. The highest BCUT2D eigenvalue weighted by atomic mass is 32.2. The van der Waals surface area contributed by atoms with E-state index in [1.54, 1.807) is 11.8 Å². The summed E-state index contributed by atoms with van der Waals surface area (Å²) in [6.45, 7) is 8.74. The van der Waals surface area contributed by atoms with Crippen LogP contribution in [0, 0.1) is 20.8 Å². The Balaban J connectivity index is 1.80. The van der Waals surface area contributed by atoms with Gasteiger partial charge in [-0.25, -0.2) is 0 Å². The van der Waals surface area contributed by atoms with Gasteiger partial charge < -0.3 is 10.1 Å². The fourth-order valence-electron chi connectivity index (χ4n) is 2.58. The molecule has 1 amide bonds. The lowest BCUT2D eigenvalue weighted by Crippen LogP contribution is -2.39. The predicted octanol–water partition coefficient (Wildman–Crippen LogP) is 4.68. The van der Waals surface area contributed by atoms with Crippen LogP contribution in [0.2, 0.25) is 0 Å². The quantitative estimate of drug-likeness (QED) is 0.551. The van der Waals surface area contributed by atoms with E-state index in [0.29, 0.717) is 13.0 Å². The van der Waals surface area contributed by atoms with Crippen LogP contribution >= 0.6 is 11.8 Å². The summed E-state index contributed by atoms with van der Waals surface area (Å²) in [6, 6.07) is 14.5. The van der Waals surface area contributed by atoms with Crippen LogP contribution in [0.15, 0.2) is 47.4 Å². The van der Waals surface area contributed by atoms with Crippen LogP contribution in [0.25, 0.3) is 0 Å². The molecule has 25 heavy (non-hydrogen) atoms. The number of thioether (sulfide) groups is 1. The number of hydrogen-bond donors (Lipinski definition) is 1. The predicted molar refractivity (Wildman–Crippen MR) is 106 cm³/mol. The molecule has 0 fully saturated rings. The maximum absolute atomic E-state index is 12.4. The zero-order valence-corrected chi connectivity index (χ0v) is 16.3. The highest BCUT2D eigenvalue weighted by molar-refractivity contribution is 7.99. The van der Waals surface area contributed by atoms with Crippen molar-refractivity contribution in [1.29, 1.82) is 0 Å². The summed E-state index contributed by atoms with van der Waals surface area (Å²) in [5.74, 6) is 1.55. The van der Waals surface area contributed by atoms with E-state index in [1.165, 1.54) is 10.5 Å². The highest BCUT2D eigenvalue weighted by Crippen LogP contribution is 2.19. The number of aryl methyl sites for hydroxylation is 3.